The normalized spacial score (nSPS) is 12.4. The van der Waals surface area contributed by atoms with E-state index < -0.39 is 0 Å². The van der Waals surface area contributed by atoms with Gasteiger partial charge in [-0.15, -0.1) is 0 Å². The number of nitrogens with zero attached hydrogens (tertiary/aromatic N) is 1. The minimum absolute atomic E-state index is 0.199. The van der Waals surface area contributed by atoms with Crippen molar-refractivity contribution in [1.82, 2.24) is 4.98 Å². The Morgan fingerprint density at radius 3 is 2.40 bits per heavy atom. The Hall–Kier alpha value is -1.54. The minimum atomic E-state index is 0.199. The van der Waals surface area contributed by atoms with Crippen LogP contribution in [0.5, 0.6) is 0 Å². The molecule has 1 aromatic heterocycles. The van der Waals surface area contributed by atoms with Crippen LogP contribution >= 0.6 is 11.6 Å². The predicted molar refractivity (Wildman–Crippen MR) is 86.3 cm³/mol. The quantitative estimate of drug-likeness (QED) is 0.774. The molecule has 0 amide bonds. The summed E-state index contributed by atoms with van der Waals surface area (Å²) in [6, 6.07) is 12.8. The number of hydrogen-bond donors (Lipinski definition) is 1. The summed E-state index contributed by atoms with van der Waals surface area (Å²) < 4.78 is 0. The lowest BCUT2D eigenvalue weighted by atomic mass is 10.00. The van der Waals surface area contributed by atoms with Crippen molar-refractivity contribution in [1.29, 1.82) is 0 Å². The number of aromatic nitrogens is 1. The fraction of sp³-hybridized carbons (Fsp3) is 0.353. The lowest BCUT2D eigenvalue weighted by Crippen LogP contribution is -2.07. The average Bonchev–Trinajstić information content (AvgIpc) is 2.41. The molecule has 0 bridgehead atoms. The fourth-order valence-electron chi connectivity index (χ4n) is 2.22. The molecule has 1 unspecified atom stereocenters. The van der Waals surface area contributed by atoms with Gasteiger partial charge in [-0.1, -0.05) is 49.7 Å². The molecule has 0 saturated carbocycles. The van der Waals surface area contributed by atoms with Crippen LogP contribution in [0.4, 0.5) is 5.69 Å². The summed E-state index contributed by atoms with van der Waals surface area (Å²) in [5.74, 6) is 0.686. The van der Waals surface area contributed by atoms with Crippen molar-refractivity contribution in [3.63, 3.8) is 0 Å². The Kier molecular flexibility index (Phi) is 5.02. The zero-order valence-electron chi connectivity index (χ0n) is 12.2. The van der Waals surface area contributed by atoms with E-state index in [0.29, 0.717) is 11.1 Å². The first kappa shape index (κ1) is 14.9. The van der Waals surface area contributed by atoms with E-state index in [1.807, 2.05) is 12.1 Å². The molecule has 1 heterocycles. The van der Waals surface area contributed by atoms with Gasteiger partial charge in [-0.3, -0.25) is 0 Å². The second-order valence-electron chi connectivity index (χ2n) is 5.55. The van der Waals surface area contributed by atoms with Crippen LogP contribution in [0, 0.1) is 5.92 Å². The number of halogens is 1. The highest BCUT2D eigenvalue weighted by Crippen LogP contribution is 2.24. The van der Waals surface area contributed by atoms with Crippen LogP contribution in [0.3, 0.4) is 0 Å². The Morgan fingerprint density at radius 2 is 1.80 bits per heavy atom. The number of rotatable bonds is 5. The molecule has 0 fully saturated rings. The largest absolute Gasteiger partial charge is 0.376 e. The molecule has 106 valence electrons. The van der Waals surface area contributed by atoms with Crippen molar-refractivity contribution < 1.29 is 0 Å². The average molecular weight is 289 g/mol. The summed E-state index contributed by atoms with van der Waals surface area (Å²) >= 11 is 6.06. The van der Waals surface area contributed by atoms with Crippen molar-refractivity contribution in [2.45, 2.75) is 33.2 Å². The lowest BCUT2D eigenvalue weighted by Gasteiger charge is -2.17. The third-order valence-electron chi connectivity index (χ3n) is 3.25. The molecule has 2 nitrogen and oxygen atoms in total. The maximum atomic E-state index is 6.06. The highest BCUT2D eigenvalue weighted by atomic mass is 35.5. The summed E-state index contributed by atoms with van der Waals surface area (Å²) in [4.78, 5) is 4.08. The number of anilines is 1. The summed E-state index contributed by atoms with van der Waals surface area (Å²) in [6.45, 7) is 6.60. The van der Waals surface area contributed by atoms with Gasteiger partial charge in [0.25, 0.3) is 0 Å². The molecule has 1 atom stereocenters. The monoisotopic (exact) mass is 288 g/mol. The van der Waals surface area contributed by atoms with Crippen LogP contribution in [0.25, 0.3) is 0 Å². The van der Waals surface area contributed by atoms with Crippen molar-refractivity contribution in [3.8, 4) is 0 Å². The van der Waals surface area contributed by atoms with Gasteiger partial charge in [0.05, 0.1) is 5.69 Å². The topological polar surface area (TPSA) is 24.9 Å². The Bertz CT molecular complexity index is 549. The lowest BCUT2D eigenvalue weighted by molar-refractivity contribution is 0.647. The number of benzene rings is 1. The second kappa shape index (κ2) is 6.76. The molecular formula is C17H21ClN2. The summed E-state index contributed by atoms with van der Waals surface area (Å²) in [5, 5.41) is 3.90. The molecule has 0 spiro atoms. The van der Waals surface area contributed by atoms with E-state index in [2.05, 4.69) is 55.3 Å². The van der Waals surface area contributed by atoms with Crippen LogP contribution in [-0.2, 0) is 6.42 Å². The highest BCUT2D eigenvalue weighted by Gasteiger charge is 2.08. The van der Waals surface area contributed by atoms with Crippen LogP contribution in [0.15, 0.2) is 42.6 Å². The van der Waals surface area contributed by atoms with Gasteiger partial charge in [0.2, 0.25) is 0 Å². The van der Waals surface area contributed by atoms with E-state index in [1.165, 1.54) is 11.1 Å². The SMILES string of the molecule is CC(C)Cc1ccc(C(C)Nc2cccnc2Cl)cc1. The van der Waals surface area contributed by atoms with Gasteiger partial charge < -0.3 is 5.32 Å². The second-order valence-corrected chi connectivity index (χ2v) is 5.91. The first-order valence-corrected chi connectivity index (χ1v) is 7.40. The van der Waals surface area contributed by atoms with Gasteiger partial charge in [0.1, 0.15) is 0 Å². The minimum Gasteiger partial charge on any atom is -0.376 e. The molecule has 2 aromatic rings. The predicted octanol–water partition coefficient (Wildman–Crippen LogP) is 5.11. The molecule has 0 saturated heterocycles. The zero-order valence-corrected chi connectivity index (χ0v) is 13.0. The Morgan fingerprint density at radius 1 is 1.10 bits per heavy atom. The smallest absolute Gasteiger partial charge is 0.152 e. The maximum Gasteiger partial charge on any atom is 0.152 e. The van der Waals surface area contributed by atoms with E-state index in [-0.39, 0.29) is 6.04 Å². The van der Waals surface area contributed by atoms with Crippen molar-refractivity contribution in [2.75, 3.05) is 5.32 Å². The molecule has 0 aliphatic carbocycles. The molecule has 1 aromatic carbocycles. The van der Waals surface area contributed by atoms with E-state index >= 15 is 0 Å². The maximum absolute atomic E-state index is 6.06. The van der Waals surface area contributed by atoms with Crippen molar-refractivity contribution in [2.24, 2.45) is 5.92 Å². The standard InChI is InChI=1S/C17H21ClN2/c1-12(2)11-14-6-8-15(9-7-14)13(3)20-16-5-4-10-19-17(16)18/h4-10,12-13,20H,11H2,1-3H3. The van der Waals surface area contributed by atoms with Gasteiger partial charge in [-0.25, -0.2) is 4.98 Å². The first-order valence-electron chi connectivity index (χ1n) is 7.02. The van der Waals surface area contributed by atoms with Gasteiger partial charge in [-0.2, -0.15) is 0 Å². The molecule has 20 heavy (non-hydrogen) atoms. The molecule has 1 N–H and O–H groups in total. The van der Waals surface area contributed by atoms with E-state index in [4.69, 9.17) is 11.6 Å². The van der Waals surface area contributed by atoms with Gasteiger partial charge in [0, 0.05) is 12.2 Å². The van der Waals surface area contributed by atoms with Gasteiger partial charge >= 0.3 is 0 Å². The summed E-state index contributed by atoms with van der Waals surface area (Å²) in [7, 11) is 0. The zero-order chi connectivity index (χ0) is 14.5. The molecule has 3 heteroatoms. The number of hydrogen-bond acceptors (Lipinski definition) is 2. The third kappa shape index (κ3) is 3.97. The molecule has 2 rings (SSSR count). The molecule has 0 aliphatic heterocycles. The Labute approximate surface area is 126 Å². The van der Waals surface area contributed by atoms with E-state index in [9.17, 15) is 0 Å². The molecule has 0 aliphatic rings. The van der Waals surface area contributed by atoms with Gasteiger partial charge in [-0.05, 0) is 42.5 Å². The van der Waals surface area contributed by atoms with Gasteiger partial charge in [0.15, 0.2) is 5.15 Å². The van der Waals surface area contributed by atoms with Crippen molar-refractivity contribution in [3.05, 3.63) is 58.9 Å². The molecular weight excluding hydrogens is 268 g/mol. The van der Waals surface area contributed by atoms with Crippen LogP contribution in [0.2, 0.25) is 5.15 Å². The van der Waals surface area contributed by atoms with Crippen molar-refractivity contribution >= 4 is 17.3 Å². The molecule has 0 radical (unpaired) electrons. The van der Waals surface area contributed by atoms with Crippen LogP contribution < -0.4 is 5.32 Å². The summed E-state index contributed by atoms with van der Waals surface area (Å²) in [5.41, 5.74) is 3.50. The van der Waals surface area contributed by atoms with E-state index in [0.717, 1.165) is 12.1 Å². The number of pyridine rings is 1. The summed E-state index contributed by atoms with van der Waals surface area (Å²) in [6.07, 6.45) is 2.81. The Balaban J connectivity index is 2.06. The first-order chi connectivity index (χ1) is 9.56. The van der Waals surface area contributed by atoms with E-state index in [1.54, 1.807) is 6.20 Å². The highest BCUT2D eigenvalue weighted by molar-refractivity contribution is 6.31. The fourth-order valence-corrected chi connectivity index (χ4v) is 2.40. The number of nitrogens with one attached hydrogen (secondary N) is 1. The van der Waals surface area contributed by atoms with Crippen LogP contribution in [-0.4, -0.2) is 4.98 Å². The third-order valence-corrected chi connectivity index (χ3v) is 3.56. The van der Waals surface area contributed by atoms with Crippen LogP contribution in [0.1, 0.15) is 37.9 Å².